The van der Waals surface area contributed by atoms with Gasteiger partial charge in [0.1, 0.15) is 0 Å². The molecule has 2 rings (SSSR count). The number of rotatable bonds is 3. The molecule has 0 saturated heterocycles. The zero-order chi connectivity index (χ0) is 11.4. The van der Waals surface area contributed by atoms with Crippen molar-refractivity contribution in [2.24, 2.45) is 5.73 Å². The first kappa shape index (κ1) is 11.2. The summed E-state index contributed by atoms with van der Waals surface area (Å²) >= 11 is 1.77. The maximum absolute atomic E-state index is 5.76. The van der Waals surface area contributed by atoms with E-state index in [-0.39, 0.29) is 0 Å². The molecule has 0 unspecified atom stereocenters. The molecule has 2 aromatic carbocycles. The number of benzene rings is 2. The minimum atomic E-state index is 0.594. The van der Waals surface area contributed by atoms with Gasteiger partial charge in [-0.15, -0.1) is 0 Å². The largest absolute Gasteiger partial charge is 0.326 e. The Bertz CT molecular complexity index is 465. The molecule has 0 aromatic heterocycles. The molecule has 0 aliphatic rings. The molecule has 0 bridgehead atoms. The van der Waals surface area contributed by atoms with Crippen LogP contribution in [0.2, 0.25) is 0 Å². The van der Waals surface area contributed by atoms with Crippen LogP contribution in [0.4, 0.5) is 0 Å². The molecular weight excluding hydrogens is 214 g/mol. The van der Waals surface area contributed by atoms with Gasteiger partial charge in [-0.3, -0.25) is 0 Å². The molecule has 2 N–H and O–H groups in total. The molecule has 82 valence electrons. The lowest BCUT2D eigenvalue weighted by Crippen LogP contribution is -1.98. The highest BCUT2D eigenvalue weighted by Crippen LogP contribution is 2.30. The fourth-order valence-corrected chi connectivity index (χ4v) is 2.54. The molecule has 0 atom stereocenters. The van der Waals surface area contributed by atoms with E-state index in [2.05, 4.69) is 49.4 Å². The molecule has 0 saturated carbocycles. The van der Waals surface area contributed by atoms with Crippen LogP contribution in [0, 0.1) is 6.92 Å². The smallest absolute Gasteiger partial charge is 0.0189 e. The van der Waals surface area contributed by atoms with Crippen molar-refractivity contribution < 1.29 is 0 Å². The maximum atomic E-state index is 5.76. The van der Waals surface area contributed by atoms with Crippen LogP contribution >= 0.6 is 11.8 Å². The molecular formula is C14H15NS. The van der Waals surface area contributed by atoms with E-state index < -0.39 is 0 Å². The average Bonchev–Trinajstić information content (AvgIpc) is 2.33. The summed E-state index contributed by atoms with van der Waals surface area (Å²) in [7, 11) is 0. The highest BCUT2D eigenvalue weighted by molar-refractivity contribution is 7.99. The molecule has 0 spiro atoms. The van der Waals surface area contributed by atoms with E-state index in [1.54, 1.807) is 11.8 Å². The van der Waals surface area contributed by atoms with Crippen LogP contribution in [0.5, 0.6) is 0 Å². The lowest BCUT2D eigenvalue weighted by molar-refractivity contribution is 1.02. The SMILES string of the molecule is Cc1ccc(Sc2ccccc2)c(CN)c1. The molecule has 0 heterocycles. The van der Waals surface area contributed by atoms with Gasteiger partial charge in [0.2, 0.25) is 0 Å². The zero-order valence-electron chi connectivity index (χ0n) is 9.31. The predicted octanol–water partition coefficient (Wildman–Crippen LogP) is 3.60. The van der Waals surface area contributed by atoms with Crippen molar-refractivity contribution in [3.8, 4) is 0 Å². The van der Waals surface area contributed by atoms with Crippen LogP contribution < -0.4 is 5.73 Å². The van der Waals surface area contributed by atoms with E-state index in [9.17, 15) is 0 Å². The summed E-state index contributed by atoms with van der Waals surface area (Å²) in [5, 5.41) is 0. The lowest BCUT2D eigenvalue weighted by Gasteiger charge is -2.08. The second-order valence-corrected chi connectivity index (χ2v) is 4.85. The fraction of sp³-hybridized carbons (Fsp3) is 0.143. The highest BCUT2D eigenvalue weighted by atomic mass is 32.2. The van der Waals surface area contributed by atoms with E-state index in [1.807, 2.05) is 6.07 Å². The van der Waals surface area contributed by atoms with Crippen LogP contribution in [0.1, 0.15) is 11.1 Å². The minimum Gasteiger partial charge on any atom is -0.326 e. The molecule has 1 nitrogen and oxygen atoms in total. The molecule has 0 aliphatic heterocycles. The average molecular weight is 229 g/mol. The molecule has 2 heteroatoms. The molecule has 0 fully saturated rings. The Morgan fingerprint density at radius 3 is 2.50 bits per heavy atom. The van der Waals surface area contributed by atoms with Gasteiger partial charge < -0.3 is 5.73 Å². The van der Waals surface area contributed by atoms with Crippen molar-refractivity contribution in [2.75, 3.05) is 0 Å². The molecule has 2 aromatic rings. The van der Waals surface area contributed by atoms with Crippen LogP contribution in [0.15, 0.2) is 58.3 Å². The van der Waals surface area contributed by atoms with Gasteiger partial charge in [0.05, 0.1) is 0 Å². The van der Waals surface area contributed by atoms with Gasteiger partial charge in [0.25, 0.3) is 0 Å². The third-order valence-electron chi connectivity index (χ3n) is 2.41. The van der Waals surface area contributed by atoms with Gasteiger partial charge in [0.15, 0.2) is 0 Å². The third-order valence-corrected chi connectivity index (χ3v) is 3.53. The van der Waals surface area contributed by atoms with Gasteiger partial charge >= 0.3 is 0 Å². The topological polar surface area (TPSA) is 26.0 Å². The predicted molar refractivity (Wildman–Crippen MR) is 69.6 cm³/mol. The van der Waals surface area contributed by atoms with E-state index in [0.29, 0.717) is 6.54 Å². The second kappa shape index (κ2) is 5.19. The molecule has 0 radical (unpaired) electrons. The van der Waals surface area contributed by atoms with Gasteiger partial charge in [-0.1, -0.05) is 47.7 Å². The number of hydrogen-bond acceptors (Lipinski definition) is 2. The second-order valence-electron chi connectivity index (χ2n) is 3.73. The van der Waals surface area contributed by atoms with Crippen molar-refractivity contribution in [3.63, 3.8) is 0 Å². The molecule has 0 amide bonds. The van der Waals surface area contributed by atoms with E-state index >= 15 is 0 Å². The lowest BCUT2D eigenvalue weighted by atomic mass is 10.1. The molecule has 0 aliphatic carbocycles. The van der Waals surface area contributed by atoms with Crippen molar-refractivity contribution >= 4 is 11.8 Å². The molecule has 16 heavy (non-hydrogen) atoms. The van der Waals surface area contributed by atoms with Crippen molar-refractivity contribution in [3.05, 3.63) is 59.7 Å². The zero-order valence-corrected chi connectivity index (χ0v) is 10.1. The van der Waals surface area contributed by atoms with Crippen LogP contribution in [-0.2, 0) is 6.54 Å². The highest BCUT2D eigenvalue weighted by Gasteiger charge is 2.03. The normalized spacial score (nSPS) is 10.4. The Hall–Kier alpha value is -1.25. The van der Waals surface area contributed by atoms with Gasteiger partial charge in [-0.05, 0) is 30.7 Å². The number of hydrogen-bond donors (Lipinski definition) is 1. The summed E-state index contributed by atoms with van der Waals surface area (Å²) in [4.78, 5) is 2.50. The van der Waals surface area contributed by atoms with Crippen molar-refractivity contribution in [2.45, 2.75) is 23.3 Å². The van der Waals surface area contributed by atoms with E-state index in [0.717, 1.165) is 0 Å². The Balaban J connectivity index is 2.28. The van der Waals surface area contributed by atoms with Gasteiger partial charge in [0, 0.05) is 16.3 Å². The summed E-state index contributed by atoms with van der Waals surface area (Å²) in [5.41, 5.74) is 8.24. The standard InChI is InChI=1S/C14H15NS/c1-11-7-8-14(12(9-11)10-15)16-13-5-3-2-4-6-13/h2-9H,10,15H2,1H3. The van der Waals surface area contributed by atoms with Gasteiger partial charge in [-0.25, -0.2) is 0 Å². The van der Waals surface area contributed by atoms with Crippen LogP contribution in [0.3, 0.4) is 0 Å². The van der Waals surface area contributed by atoms with E-state index in [1.165, 1.54) is 20.9 Å². The van der Waals surface area contributed by atoms with Gasteiger partial charge in [-0.2, -0.15) is 0 Å². The summed E-state index contributed by atoms with van der Waals surface area (Å²) in [6.45, 7) is 2.69. The maximum Gasteiger partial charge on any atom is 0.0189 e. The minimum absolute atomic E-state index is 0.594. The summed E-state index contributed by atoms with van der Waals surface area (Å²) < 4.78 is 0. The van der Waals surface area contributed by atoms with Crippen LogP contribution in [-0.4, -0.2) is 0 Å². The monoisotopic (exact) mass is 229 g/mol. The third kappa shape index (κ3) is 2.65. The fourth-order valence-electron chi connectivity index (χ4n) is 1.58. The number of nitrogens with two attached hydrogens (primary N) is 1. The Kier molecular flexibility index (Phi) is 3.65. The summed E-state index contributed by atoms with van der Waals surface area (Å²) in [6.07, 6.45) is 0. The van der Waals surface area contributed by atoms with Crippen LogP contribution in [0.25, 0.3) is 0 Å². The first-order chi connectivity index (χ1) is 7.79. The Morgan fingerprint density at radius 2 is 1.81 bits per heavy atom. The van der Waals surface area contributed by atoms with E-state index in [4.69, 9.17) is 5.73 Å². The van der Waals surface area contributed by atoms with Crippen molar-refractivity contribution in [1.29, 1.82) is 0 Å². The summed E-state index contributed by atoms with van der Waals surface area (Å²) in [6, 6.07) is 16.8. The Labute approximate surface area is 101 Å². The first-order valence-electron chi connectivity index (χ1n) is 5.32. The summed E-state index contributed by atoms with van der Waals surface area (Å²) in [5.74, 6) is 0. The Morgan fingerprint density at radius 1 is 1.06 bits per heavy atom. The van der Waals surface area contributed by atoms with Crippen molar-refractivity contribution in [1.82, 2.24) is 0 Å². The first-order valence-corrected chi connectivity index (χ1v) is 6.14. The number of aryl methyl sites for hydroxylation is 1. The quantitative estimate of drug-likeness (QED) is 0.870.